The summed E-state index contributed by atoms with van der Waals surface area (Å²) >= 11 is 0. The van der Waals surface area contributed by atoms with Crippen molar-refractivity contribution >= 4 is 17.0 Å². The van der Waals surface area contributed by atoms with Gasteiger partial charge in [-0.1, -0.05) is 30.3 Å². The molecule has 0 saturated carbocycles. The van der Waals surface area contributed by atoms with Crippen molar-refractivity contribution in [2.24, 2.45) is 0 Å². The molecule has 1 aromatic carbocycles. The predicted molar refractivity (Wildman–Crippen MR) is 93.0 cm³/mol. The minimum Gasteiger partial charge on any atom is -0.395 e. The monoisotopic (exact) mass is 344 g/mol. The summed E-state index contributed by atoms with van der Waals surface area (Å²) in [4.78, 5) is 11.0. The Hall–Kier alpha value is -2.61. The van der Waals surface area contributed by atoms with Crippen LogP contribution in [0, 0.1) is 5.82 Å². The van der Waals surface area contributed by atoms with Gasteiger partial charge in [-0.25, -0.2) is 19.0 Å². The van der Waals surface area contributed by atoms with Gasteiger partial charge in [-0.2, -0.15) is 0 Å². The summed E-state index contributed by atoms with van der Waals surface area (Å²) in [6, 6.07) is 6.58. The lowest BCUT2D eigenvalue weighted by Gasteiger charge is -2.17. The van der Waals surface area contributed by atoms with Gasteiger partial charge >= 0.3 is 0 Å². The molecule has 0 aliphatic heterocycles. The van der Waals surface area contributed by atoms with E-state index in [4.69, 9.17) is 0 Å². The number of rotatable bonds is 7. The molecule has 0 spiro atoms. The number of aromatic nitrogens is 5. The molecule has 25 heavy (non-hydrogen) atoms. The van der Waals surface area contributed by atoms with E-state index in [-0.39, 0.29) is 19.0 Å². The summed E-state index contributed by atoms with van der Waals surface area (Å²) in [5, 5.41) is 17.5. The average Bonchev–Trinajstić information content (AvgIpc) is 3.00. The highest BCUT2D eigenvalue weighted by Crippen LogP contribution is 2.22. The Bertz CT molecular complexity index is 865. The fourth-order valence-corrected chi connectivity index (χ4v) is 2.64. The second-order valence-corrected chi connectivity index (χ2v) is 5.87. The molecule has 0 unspecified atom stereocenters. The van der Waals surface area contributed by atoms with E-state index in [1.165, 1.54) is 6.07 Å². The van der Waals surface area contributed by atoms with Crippen molar-refractivity contribution in [1.29, 1.82) is 0 Å². The summed E-state index contributed by atoms with van der Waals surface area (Å²) in [6.07, 6.45) is 1.63. The molecule has 0 bridgehead atoms. The van der Waals surface area contributed by atoms with Crippen LogP contribution in [0.15, 0.2) is 24.3 Å². The van der Waals surface area contributed by atoms with E-state index < -0.39 is 0 Å². The minimum absolute atomic E-state index is 0.00840. The van der Waals surface area contributed by atoms with Gasteiger partial charge in [0.1, 0.15) is 11.6 Å². The van der Waals surface area contributed by atoms with Gasteiger partial charge < -0.3 is 10.0 Å². The number of hydrogen-bond acceptors (Lipinski definition) is 6. The Kier molecular flexibility index (Phi) is 5.18. The molecule has 0 atom stereocenters. The van der Waals surface area contributed by atoms with Crippen molar-refractivity contribution in [2.75, 3.05) is 25.1 Å². The molecule has 8 heteroatoms. The van der Waals surface area contributed by atoms with E-state index in [1.807, 2.05) is 11.9 Å². The molecule has 3 rings (SSSR count). The lowest BCUT2D eigenvalue weighted by molar-refractivity contribution is 0.304. The minimum atomic E-state index is -0.286. The maximum absolute atomic E-state index is 14.0. The maximum Gasteiger partial charge on any atom is 0.184 e. The van der Waals surface area contributed by atoms with Gasteiger partial charge in [0.15, 0.2) is 17.0 Å². The zero-order valence-corrected chi connectivity index (χ0v) is 14.4. The summed E-state index contributed by atoms with van der Waals surface area (Å²) in [7, 11) is 1.84. The number of anilines is 1. The molecule has 0 saturated heterocycles. The maximum atomic E-state index is 14.0. The normalized spacial score (nSPS) is 11.2. The van der Waals surface area contributed by atoms with Crippen molar-refractivity contribution in [3.8, 4) is 0 Å². The molecule has 3 aromatic rings. The SMILES string of the molecule is CCCc1nc(N(C)CCO)c2nnn(Cc3ccccc3F)c2n1. The number of aryl methyl sites for hydroxylation is 1. The van der Waals surface area contributed by atoms with Crippen molar-refractivity contribution in [3.05, 3.63) is 41.5 Å². The zero-order valence-electron chi connectivity index (χ0n) is 14.4. The van der Waals surface area contributed by atoms with Crippen LogP contribution in [-0.2, 0) is 13.0 Å². The van der Waals surface area contributed by atoms with Gasteiger partial charge in [0, 0.05) is 25.6 Å². The summed E-state index contributed by atoms with van der Waals surface area (Å²) in [6.45, 7) is 2.74. The van der Waals surface area contributed by atoms with Crippen LogP contribution in [0.25, 0.3) is 11.2 Å². The second-order valence-electron chi connectivity index (χ2n) is 5.87. The first-order chi connectivity index (χ1) is 12.1. The number of likely N-dealkylation sites (N-methyl/N-ethyl adjacent to an activating group) is 1. The quantitative estimate of drug-likeness (QED) is 0.704. The molecule has 0 aliphatic rings. The molecule has 0 amide bonds. The molecule has 132 valence electrons. The number of aliphatic hydroxyl groups excluding tert-OH is 1. The van der Waals surface area contributed by atoms with Crippen molar-refractivity contribution < 1.29 is 9.50 Å². The lowest BCUT2D eigenvalue weighted by Crippen LogP contribution is -2.23. The van der Waals surface area contributed by atoms with E-state index in [9.17, 15) is 9.50 Å². The first-order valence-electron chi connectivity index (χ1n) is 8.29. The Morgan fingerprint density at radius 3 is 2.76 bits per heavy atom. The first-order valence-corrected chi connectivity index (χ1v) is 8.29. The molecule has 2 heterocycles. The molecule has 7 nitrogen and oxygen atoms in total. The van der Waals surface area contributed by atoms with E-state index in [0.717, 1.165) is 12.8 Å². The van der Waals surface area contributed by atoms with Crippen LogP contribution in [0.3, 0.4) is 0 Å². The predicted octanol–water partition coefficient (Wildman–Crippen LogP) is 1.79. The van der Waals surface area contributed by atoms with Crippen LogP contribution < -0.4 is 4.90 Å². The molecule has 0 radical (unpaired) electrons. The van der Waals surface area contributed by atoms with E-state index in [0.29, 0.717) is 34.9 Å². The Morgan fingerprint density at radius 2 is 2.04 bits per heavy atom. The van der Waals surface area contributed by atoms with Crippen molar-refractivity contribution in [1.82, 2.24) is 25.0 Å². The van der Waals surface area contributed by atoms with Gasteiger partial charge in [-0.3, -0.25) is 0 Å². The van der Waals surface area contributed by atoms with Crippen LogP contribution in [0.4, 0.5) is 10.2 Å². The number of hydrogen-bond donors (Lipinski definition) is 1. The highest BCUT2D eigenvalue weighted by atomic mass is 19.1. The third kappa shape index (κ3) is 3.58. The highest BCUT2D eigenvalue weighted by molar-refractivity contribution is 5.82. The first kappa shape index (κ1) is 17.2. The standard InChI is InChI=1S/C17H21FN6O/c1-3-6-14-19-16(23(2)9-10-25)15-17(20-14)24(22-21-15)11-12-7-4-5-8-13(12)18/h4-5,7-8,25H,3,6,9-11H2,1-2H3. The number of fused-ring (bicyclic) bond motifs is 1. The third-order valence-corrected chi connectivity index (χ3v) is 3.94. The largest absolute Gasteiger partial charge is 0.395 e. The zero-order chi connectivity index (χ0) is 17.8. The van der Waals surface area contributed by atoms with Gasteiger partial charge in [0.05, 0.1) is 13.2 Å². The molecular weight excluding hydrogens is 323 g/mol. The van der Waals surface area contributed by atoms with Gasteiger partial charge in [-0.15, -0.1) is 5.10 Å². The fraction of sp³-hybridized carbons (Fsp3) is 0.412. The Balaban J connectivity index is 2.07. The van der Waals surface area contributed by atoms with E-state index in [1.54, 1.807) is 22.9 Å². The van der Waals surface area contributed by atoms with Crippen LogP contribution in [0.2, 0.25) is 0 Å². The summed E-state index contributed by atoms with van der Waals surface area (Å²) in [5.74, 6) is 1.03. The number of aliphatic hydroxyl groups is 1. The Morgan fingerprint density at radius 1 is 1.24 bits per heavy atom. The molecule has 0 aliphatic carbocycles. The lowest BCUT2D eigenvalue weighted by atomic mass is 10.2. The van der Waals surface area contributed by atoms with Crippen LogP contribution >= 0.6 is 0 Å². The van der Waals surface area contributed by atoms with Gasteiger partial charge in [0.2, 0.25) is 0 Å². The van der Waals surface area contributed by atoms with Crippen LogP contribution in [0.5, 0.6) is 0 Å². The van der Waals surface area contributed by atoms with Crippen LogP contribution in [0.1, 0.15) is 24.7 Å². The number of nitrogens with zero attached hydrogens (tertiary/aromatic N) is 6. The van der Waals surface area contributed by atoms with E-state index >= 15 is 0 Å². The number of benzene rings is 1. The van der Waals surface area contributed by atoms with Gasteiger partial charge in [0.25, 0.3) is 0 Å². The van der Waals surface area contributed by atoms with E-state index in [2.05, 4.69) is 27.2 Å². The molecular formula is C17H21FN6O. The third-order valence-electron chi connectivity index (χ3n) is 3.94. The molecule has 2 aromatic heterocycles. The molecule has 1 N–H and O–H groups in total. The Labute approximate surface area is 145 Å². The highest BCUT2D eigenvalue weighted by Gasteiger charge is 2.18. The summed E-state index contributed by atoms with van der Waals surface area (Å²) in [5.41, 5.74) is 1.64. The fourth-order valence-electron chi connectivity index (χ4n) is 2.64. The smallest absolute Gasteiger partial charge is 0.184 e. The van der Waals surface area contributed by atoms with Crippen molar-refractivity contribution in [2.45, 2.75) is 26.3 Å². The average molecular weight is 344 g/mol. The van der Waals surface area contributed by atoms with Crippen LogP contribution in [-0.4, -0.2) is 50.3 Å². The van der Waals surface area contributed by atoms with Gasteiger partial charge in [-0.05, 0) is 12.5 Å². The summed E-state index contributed by atoms with van der Waals surface area (Å²) < 4.78 is 15.5. The topological polar surface area (TPSA) is 80.0 Å². The number of halogens is 1. The molecule has 0 fully saturated rings. The second kappa shape index (κ2) is 7.52. The van der Waals surface area contributed by atoms with Crippen molar-refractivity contribution in [3.63, 3.8) is 0 Å².